The molecular weight excluding hydrogens is 592 g/mol. The summed E-state index contributed by atoms with van der Waals surface area (Å²) in [6.45, 7) is 0.674. The van der Waals surface area contributed by atoms with E-state index >= 15 is 0 Å². The van der Waals surface area contributed by atoms with Gasteiger partial charge in [0.25, 0.3) is 0 Å². The van der Waals surface area contributed by atoms with E-state index in [-0.39, 0.29) is 6.61 Å². The molecule has 5 atom stereocenters. The van der Waals surface area contributed by atoms with E-state index in [4.69, 9.17) is 33.2 Å². The van der Waals surface area contributed by atoms with Crippen molar-refractivity contribution in [3.05, 3.63) is 120 Å². The summed E-state index contributed by atoms with van der Waals surface area (Å²) in [5.41, 5.74) is 2.42. The van der Waals surface area contributed by atoms with Crippen molar-refractivity contribution in [3.8, 4) is 17.2 Å². The lowest BCUT2D eigenvalue weighted by Crippen LogP contribution is -2.60. The second kappa shape index (κ2) is 16.7. The lowest BCUT2D eigenvalue weighted by Gasteiger charge is -2.45. The van der Waals surface area contributed by atoms with Gasteiger partial charge in [0.2, 0.25) is 0 Å². The van der Waals surface area contributed by atoms with Crippen LogP contribution in [0.25, 0.3) is 0 Å². The van der Waals surface area contributed by atoms with Crippen LogP contribution < -0.4 is 14.2 Å². The molecule has 0 aliphatic carbocycles. The van der Waals surface area contributed by atoms with E-state index in [1.54, 1.807) is 21.3 Å². The molecule has 1 aliphatic rings. The predicted molar refractivity (Wildman–Crippen MR) is 173 cm³/mol. The Morgan fingerprint density at radius 3 is 1.40 bits per heavy atom. The average Bonchev–Trinajstić information content (AvgIpc) is 3.10. The van der Waals surface area contributed by atoms with Crippen molar-refractivity contribution < 1.29 is 38.3 Å². The van der Waals surface area contributed by atoms with E-state index in [1.807, 2.05) is 103 Å². The number of aliphatic hydroxyl groups is 1. The predicted octanol–water partition coefficient (Wildman–Crippen LogP) is 6.28. The van der Waals surface area contributed by atoms with Crippen LogP contribution in [0.1, 0.15) is 16.7 Å². The standard InChI is InChI=1S/C36H40O8S/c1-38-28-15-9-25(10-16-28)22-41-33-32(21-37)44-36(45-31-7-5-4-6-8-31)35(43-24-27-13-19-30(40-3)20-14-27)34(33)42-23-26-11-17-29(39-2)18-12-26/h4-20,32-37H,21-24H2,1-3H3/t32-,33+,34+,35-,36+/m1/s1. The minimum absolute atomic E-state index is 0.243. The highest BCUT2D eigenvalue weighted by Crippen LogP contribution is 2.38. The lowest BCUT2D eigenvalue weighted by molar-refractivity contribution is -0.251. The molecule has 8 nitrogen and oxygen atoms in total. The molecule has 1 aliphatic heterocycles. The van der Waals surface area contributed by atoms with Crippen LogP contribution in [0, 0.1) is 0 Å². The molecule has 0 radical (unpaired) electrons. The minimum atomic E-state index is -0.647. The first-order chi connectivity index (χ1) is 22.1. The molecular formula is C36H40O8S. The number of benzene rings is 4. The maximum Gasteiger partial charge on any atom is 0.137 e. The van der Waals surface area contributed by atoms with Gasteiger partial charge in [0.1, 0.15) is 47.1 Å². The maximum absolute atomic E-state index is 10.6. The molecule has 45 heavy (non-hydrogen) atoms. The van der Waals surface area contributed by atoms with Gasteiger partial charge in [0.15, 0.2) is 0 Å². The van der Waals surface area contributed by atoms with Gasteiger partial charge in [-0.15, -0.1) is 0 Å². The van der Waals surface area contributed by atoms with E-state index < -0.39 is 29.9 Å². The van der Waals surface area contributed by atoms with Gasteiger partial charge in [0, 0.05) is 4.90 Å². The lowest BCUT2D eigenvalue weighted by atomic mass is 9.99. The number of hydrogen-bond acceptors (Lipinski definition) is 9. The van der Waals surface area contributed by atoms with Crippen molar-refractivity contribution in [1.82, 2.24) is 0 Å². The fourth-order valence-electron chi connectivity index (χ4n) is 5.06. The number of aliphatic hydroxyl groups excluding tert-OH is 1. The molecule has 5 rings (SSSR count). The van der Waals surface area contributed by atoms with E-state index in [0.717, 1.165) is 38.8 Å². The topological polar surface area (TPSA) is 84.8 Å². The SMILES string of the molecule is COc1ccc(CO[C@H]2[C@@H](OCc3ccc(OC)cc3)[C@@H](CO)O[C@@H](Sc3ccccc3)[C@@H]2OCc2ccc(OC)cc2)cc1. The molecule has 238 valence electrons. The van der Waals surface area contributed by atoms with E-state index in [1.165, 1.54) is 11.8 Å². The zero-order chi connectivity index (χ0) is 31.4. The average molecular weight is 633 g/mol. The maximum atomic E-state index is 10.6. The summed E-state index contributed by atoms with van der Waals surface area (Å²) < 4.78 is 42.4. The van der Waals surface area contributed by atoms with Crippen LogP contribution in [-0.4, -0.2) is 62.9 Å². The molecule has 9 heteroatoms. The Bertz CT molecular complexity index is 1420. The summed E-state index contributed by atoms with van der Waals surface area (Å²) in [5, 5.41) is 10.6. The molecule has 1 fully saturated rings. The van der Waals surface area contributed by atoms with Crippen LogP contribution >= 0.6 is 11.8 Å². The molecule has 0 bridgehead atoms. The molecule has 0 aromatic heterocycles. The largest absolute Gasteiger partial charge is 0.497 e. The molecule has 1 N–H and O–H groups in total. The molecule has 1 saturated heterocycles. The summed E-state index contributed by atoms with van der Waals surface area (Å²) in [7, 11) is 4.92. The van der Waals surface area contributed by atoms with Crippen LogP contribution in [0.2, 0.25) is 0 Å². The highest BCUT2D eigenvalue weighted by atomic mass is 32.2. The van der Waals surface area contributed by atoms with Gasteiger partial charge < -0.3 is 38.3 Å². The van der Waals surface area contributed by atoms with Crippen molar-refractivity contribution in [2.24, 2.45) is 0 Å². The van der Waals surface area contributed by atoms with Gasteiger partial charge in [-0.25, -0.2) is 0 Å². The number of methoxy groups -OCH3 is 3. The fourth-order valence-corrected chi connectivity index (χ4v) is 6.21. The Labute approximate surface area is 269 Å². The zero-order valence-electron chi connectivity index (χ0n) is 25.7. The number of thioether (sulfide) groups is 1. The number of ether oxygens (including phenoxy) is 7. The van der Waals surface area contributed by atoms with E-state index in [9.17, 15) is 5.11 Å². The second-order valence-corrected chi connectivity index (χ2v) is 11.7. The Balaban J connectivity index is 1.44. The molecule has 4 aromatic rings. The van der Waals surface area contributed by atoms with Crippen LogP contribution in [0.3, 0.4) is 0 Å². The number of hydrogen-bond donors (Lipinski definition) is 1. The van der Waals surface area contributed by atoms with Gasteiger partial charge in [0.05, 0.1) is 47.8 Å². The third-order valence-electron chi connectivity index (χ3n) is 7.57. The van der Waals surface area contributed by atoms with Crippen LogP contribution in [0.5, 0.6) is 17.2 Å². The first kappa shape index (κ1) is 32.8. The molecule has 0 saturated carbocycles. The zero-order valence-corrected chi connectivity index (χ0v) is 26.6. The van der Waals surface area contributed by atoms with Gasteiger partial charge in [-0.1, -0.05) is 66.4 Å². The van der Waals surface area contributed by atoms with Crippen molar-refractivity contribution in [2.45, 2.75) is 54.6 Å². The Kier molecular flexibility index (Phi) is 12.1. The fraction of sp³-hybridized carbons (Fsp3) is 0.333. The Hall–Kier alpha value is -3.57. The van der Waals surface area contributed by atoms with Crippen molar-refractivity contribution in [3.63, 3.8) is 0 Å². The summed E-state index contributed by atoms with van der Waals surface area (Å²) in [6.07, 6.45) is -2.38. The highest BCUT2D eigenvalue weighted by Gasteiger charge is 2.48. The Morgan fingerprint density at radius 2 is 0.978 bits per heavy atom. The number of rotatable bonds is 15. The van der Waals surface area contributed by atoms with Gasteiger partial charge in [-0.05, 0) is 65.2 Å². The van der Waals surface area contributed by atoms with Gasteiger partial charge in [-0.3, -0.25) is 0 Å². The summed E-state index contributed by atoms with van der Waals surface area (Å²) in [5.74, 6) is 2.31. The molecule has 4 aromatic carbocycles. The van der Waals surface area contributed by atoms with Crippen molar-refractivity contribution in [1.29, 1.82) is 0 Å². The second-order valence-electron chi connectivity index (χ2n) is 10.5. The van der Waals surface area contributed by atoms with Gasteiger partial charge in [-0.2, -0.15) is 0 Å². The summed E-state index contributed by atoms with van der Waals surface area (Å²) in [6, 6.07) is 33.2. The smallest absolute Gasteiger partial charge is 0.137 e. The summed E-state index contributed by atoms with van der Waals surface area (Å²) >= 11 is 1.54. The monoisotopic (exact) mass is 632 g/mol. The molecule has 0 unspecified atom stereocenters. The van der Waals surface area contributed by atoms with Crippen LogP contribution in [-0.2, 0) is 38.8 Å². The van der Waals surface area contributed by atoms with Crippen molar-refractivity contribution >= 4 is 11.8 Å². The molecule has 0 amide bonds. The third-order valence-corrected chi connectivity index (χ3v) is 8.73. The molecule has 1 heterocycles. The van der Waals surface area contributed by atoms with E-state index in [0.29, 0.717) is 19.8 Å². The van der Waals surface area contributed by atoms with Crippen LogP contribution in [0.4, 0.5) is 0 Å². The van der Waals surface area contributed by atoms with Crippen molar-refractivity contribution in [2.75, 3.05) is 27.9 Å². The normalized spacial score (nSPS) is 21.3. The third kappa shape index (κ3) is 9.00. The summed E-state index contributed by atoms with van der Waals surface area (Å²) in [4.78, 5) is 1.02. The minimum Gasteiger partial charge on any atom is -0.497 e. The Morgan fingerprint density at radius 1 is 0.556 bits per heavy atom. The first-order valence-corrected chi connectivity index (χ1v) is 15.7. The first-order valence-electron chi connectivity index (χ1n) is 14.8. The highest BCUT2D eigenvalue weighted by molar-refractivity contribution is 7.99. The van der Waals surface area contributed by atoms with E-state index in [2.05, 4.69) is 0 Å². The quantitative estimate of drug-likeness (QED) is 0.163. The van der Waals surface area contributed by atoms with Crippen LogP contribution in [0.15, 0.2) is 108 Å². The molecule has 0 spiro atoms. The van der Waals surface area contributed by atoms with Gasteiger partial charge >= 0.3 is 0 Å².